The molecular weight excluding hydrogens is 387 g/mol. The zero-order valence-electron chi connectivity index (χ0n) is 16.5. The number of hydrogen-bond donors (Lipinski definition) is 4. The van der Waals surface area contributed by atoms with Crippen molar-refractivity contribution < 1.29 is 9.13 Å². The predicted octanol–water partition coefficient (Wildman–Crippen LogP) is 2.51. The van der Waals surface area contributed by atoms with Crippen molar-refractivity contribution in [3.63, 3.8) is 0 Å². The highest BCUT2D eigenvalue weighted by atomic mass is 19.1. The van der Waals surface area contributed by atoms with Gasteiger partial charge in [0.2, 0.25) is 5.96 Å². The maximum absolute atomic E-state index is 14.8. The number of guanidine groups is 1. The fourth-order valence-electron chi connectivity index (χ4n) is 3.02. The molecule has 2 aromatic rings. The molecule has 0 spiro atoms. The Balaban J connectivity index is 2.06. The number of nitrogens with two attached hydrogens (primary N) is 2. The zero-order valence-corrected chi connectivity index (χ0v) is 16.5. The maximum Gasteiger partial charge on any atom is 0.211 e. The summed E-state index contributed by atoms with van der Waals surface area (Å²) < 4.78 is 20.4. The van der Waals surface area contributed by atoms with Crippen molar-refractivity contribution in [1.82, 2.24) is 10.3 Å². The number of halogens is 1. The quantitative estimate of drug-likeness (QED) is 0.434. The fraction of sp³-hybridized carbons (Fsp3) is 0.300. The summed E-state index contributed by atoms with van der Waals surface area (Å²) in [5, 5.41) is 23.5. The van der Waals surface area contributed by atoms with Gasteiger partial charge in [-0.3, -0.25) is 5.32 Å². The molecule has 0 fully saturated rings. The number of nitriles is 2. The highest BCUT2D eigenvalue weighted by Gasteiger charge is 2.30. The Morgan fingerprint density at radius 1 is 1.37 bits per heavy atom. The van der Waals surface area contributed by atoms with Crippen LogP contribution in [0.5, 0.6) is 0 Å². The molecule has 6 N–H and O–H groups in total. The summed E-state index contributed by atoms with van der Waals surface area (Å²) in [7, 11) is 0. The molecule has 154 valence electrons. The van der Waals surface area contributed by atoms with E-state index in [4.69, 9.17) is 21.5 Å². The first kappa shape index (κ1) is 20.8. The van der Waals surface area contributed by atoms with Gasteiger partial charge in [-0.25, -0.2) is 14.4 Å². The van der Waals surface area contributed by atoms with E-state index in [1.807, 2.05) is 19.9 Å². The maximum atomic E-state index is 14.8. The van der Waals surface area contributed by atoms with Crippen molar-refractivity contribution in [2.45, 2.75) is 39.0 Å². The summed E-state index contributed by atoms with van der Waals surface area (Å²) in [5.41, 5.74) is 13.4. The summed E-state index contributed by atoms with van der Waals surface area (Å²) in [6, 6.07) is 5.79. The minimum Gasteiger partial charge on any atom is -0.397 e. The monoisotopic (exact) mass is 408 g/mol. The average Bonchev–Trinajstić information content (AvgIpc) is 2.72. The summed E-state index contributed by atoms with van der Waals surface area (Å²) in [6.45, 7) is 4.06. The minimum absolute atomic E-state index is 0.0188. The number of aliphatic imine (C=N–C) groups is 1. The summed E-state index contributed by atoms with van der Waals surface area (Å²) in [5.74, 6) is -0.160. The van der Waals surface area contributed by atoms with Gasteiger partial charge < -0.3 is 21.5 Å². The van der Waals surface area contributed by atoms with Crippen LogP contribution in [-0.2, 0) is 11.3 Å². The van der Waals surface area contributed by atoms with E-state index in [0.29, 0.717) is 16.7 Å². The lowest BCUT2D eigenvalue weighted by Crippen LogP contribution is -2.32. The summed E-state index contributed by atoms with van der Waals surface area (Å²) in [6.07, 6.45) is 2.61. The van der Waals surface area contributed by atoms with E-state index in [9.17, 15) is 9.65 Å². The molecule has 0 saturated heterocycles. The number of pyridine rings is 1. The van der Waals surface area contributed by atoms with E-state index in [2.05, 4.69) is 20.6 Å². The molecule has 2 heterocycles. The molecule has 1 aliphatic heterocycles. The number of aromatic nitrogens is 1. The Morgan fingerprint density at radius 2 is 2.13 bits per heavy atom. The number of anilines is 3. The van der Waals surface area contributed by atoms with E-state index < -0.39 is 11.9 Å². The number of ether oxygens (including phenoxy) is 1. The zero-order chi connectivity index (χ0) is 21.8. The molecule has 1 aromatic heterocycles. The topological polar surface area (TPSA) is 158 Å². The normalized spacial score (nSPS) is 15.8. The highest BCUT2D eigenvalue weighted by Crippen LogP contribution is 2.40. The molecule has 9 nitrogen and oxygen atoms in total. The lowest BCUT2D eigenvalue weighted by molar-refractivity contribution is 0.0492. The van der Waals surface area contributed by atoms with Crippen molar-refractivity contribution in [2.75, 3.05) is 16.8 Å². The van der Waals surface area contributed by atoms with Crippen LogP contribution < -0.4 is 22.1 Å². The van der Waals surface area contributed by atoms with Crippen LogP contribution in [0.15, 0.2) is 23.2 Å². The van der Waals surface area contributed by atoms with E-state index in [-0.39, 0.29) is 41.6 Å². The van der Waals surface area contributed by atoms with E-state index in [0.717, 1.165) is 6.42 Å². The molecular formula is C20H21FN8O. The van der Waals surface area contributed by atoms with E-state index >= 15 is 0 Å². The van der Waals surface area contributed by atoms with Gasteiger partial charge in [0.15, 0.2) is 6.19 Å². The van der Waals surface area contributed by atoms with Gasteiger partial charge in [-0.1, -0.05) is 19.1 Å². The van der Waals surface area contributed by atoms with Gasteiger partial charge in [0, 0.05) is 11.1 Å². The third-order valence-corrected chi connectivity index (χ3v) is 4.85. The van der Waals surface area contributed by atoms with Crippen molar-refractivity contribution in [3.8, 4) is 12.3 Å². The van der Waals surface area contributed by atoms with E-state index in [1.54, 1.807) is 18.3 Å². The van der Waals surface area contributed by atoms with Crippen LogP contribution in [-0.4, -0.2) is 17.0 Å². The smallest absolute Gasteiger partial charge is 0.211 e. The molecule has 0 bridgehead atoms. The van der Waals surface area contributed by atoms with Crippen LogP contribution in [0, 0.1) is 28.6 Å². The summed E-state index contributed by atoms with van der Waals surface area (Å²) in [4.78, 5) is 8.58. The number of benzene rings is 1. The standard InChI is InChI=1S/C20H21FN8O/c1-3-10(2)30-8-12-5-4-11(6-14(12)21)17-15-16(24)13(7-22)18(25)28-19(15)29-20(27-17)26-9-23/h4-6,10,17H,3,8H2,1-2H3,(H6,24,25,26,27,28,29). The van der Waals surface area contributed by atoms with Crippen molar-refractivity contribution in [1.29, 1.82) is 10.5 Å². The second kappa shape index (κ2) is 8.64. The summed E-state index contributed by atoms with van der Waals surface area (Å²) >= 11 is 0. The van der Waals surface area contributed by atoms with Gasteiger partial charge in [0.05, 0.1) is 18.4 Å². The molecule has 0 saturated carbocycles. The predicted molar refractivity (Wildman–Crippen MR) is 110 cm³/mol. The molecule has 2 atom stereocenters. The second-order valence-corrected chi connectivity index (χ2v) is 6.78. The Bertz CT molecular complexity index is 1090. The van der Waals surface area contributed by atoms with Gasteiger partial charge >= 0.3 is 0 Å². The van der Waals surface area contributed by atoms with Crippen LogP contribution in [0.1, 0.15) is 48.6 Å². The molecule has 10 heteroatoms. The Labute approximate surface area is 173 Å². The second-order valence-electron chi connectivity index (χ2n) is 6.78. The highest BCUT2D eigenvalue weighted by molar-refractivity contribution is 5.98. The minimum atomic E-state index is -0.795. The Kier molecular flexibility index (Phi) is 6.00. The van der Waals surface area contributed by atoms with Crippen LogP contribution in [0.25, 0.3) is 0 Å². The van der Waals surface area contributed by atoms with Crippen molar-refractivity contribution in [3.05, 3.63) is 46.3 Å². The Hall–Kier alpha value is -3.89. The first-order valence-corrected chi connectivity index (χ1v) is 9.28. The fourth-order valence-corrected chi connectivity index (χ4v) is 3.02. The number of fused-ring (bicyclic) bond motifs is 1. The molecule has 1 aliphatic rings. The van der Waals surface area contributed by atoms with Gasteiger partial charge in [-0.2, -0.15) is 10.5 Å². The number of hydrogen-bond acceptors (Lipinski definition) is 9. The molecule has 2 unspecified atom stereocenters. The van der Waals surface area contributed by atoms with Crippen LogP contribution in [0.3, 0.4) is 0 Å². The van der Waals surface area contributed by atoms with Gasteiger partial charge in [0.25, 0.3) is 0 Å². The average molecular weight is 408 g/mol. The lowest BCUT2D eigenvalue weighted by Gasteiger charge is -2.26. The number of nitrogen functional groups attached to an aromatic ring is 2. The molecule has 1 aromatic carbocycles. The van der Waals surface area contributed by atoms with E-state index in [1.165, 1.54) is 6.07 Å². The third kappa shape index (κ3) is 3.95. The van der Waals surface area contributed by atoms with Gasteiger partial charge in [0.1, 0.15) is 35.1 Å². The molecule has 0 amide bonds. The molecule has 3 rings (SSSR count). The molecule has 30 heavy (non-hydrogen) atoms. The van der Waals surface area contributed by atoms with Crippen molar-refractivity contribution in [2.24, 2.45) is 4.99 Å². The largest absolute Gasteiger partial charge is 0.397 e. The third-order valence-electron chi connectivity index (χ3n) is 4.85. The Morgan fingerprint density at radius 3 is 2.77 bits per heavy atom. The first-order valence-electron chi connectivity index (χ1n) is 9.28. The van der Waals surface area contributed by atoms with Crippen LogP contribution >= 0.6 is 0 Å². The lowest BCUT2D eigenvalue weighted by atomic mass is 9.94. The van der Waals surface area contributed by atoms with Crippen LogP contribution in [0.2, 0.25) is 0 Å². The number of nitrogens with zero attached hydrogens (tertiary/aromatic N) is 4. The van der Waals surface area contributed by atoms with Gasteiger partial charge in [-0.15, -0.1) is 0 Å². The number of nitrogens with one attached hydrogen (secondary N) is 2. The molecule has 0 aliphatic carbocycles. The van der Waals surface area contributed by atoms with Crippen LogP contribution in [0.4, 0.5) is 21.7 Å². The molecule has 0 radical (unpaired) electrons. The number of rotatable bonds is 5. The SMILES string of the molecule is CCC(C)OCc1ccc(C2N=C(NC#N)Nc3nc(N)c(C#N)c(N)c32)cc1F. The van der Waals surface area contributed by atoms with Crippen molar-refractivity contribution >= 4 is 23.3 Å². The first-order chi connectivity index (χ1) is 14.4. The van der Waals surface area contributed by atoms with Gasteiger partial charge in [-0.05, 0) is 25.0 Å².